The first kappa shape index (κ1) is 11.0. The minimum absolute atomic E-state index is 0.0683. The van der Waals surface area contributed by atoms with Gasteiger partial charge in [0.1, 0.15) is 6.10 Å². The number of hydrogen-bond acceptors (Lipinski definition) is 4. The highest BCUT2D eigenvalue weighted by molar-refractivity contribution is 5.73. The maximum absolute atomic E-state index is 11.5. The highest BCUT2D eigenvalue weighted by atomic mass is 16.6. The molecule has 0 aromatic heterocycles. The van der Waals surface area contributed by atoms with Gasteiger partial charge in [0.25, 0.3) is 0 Å². The van der Waals surface area contributed by atoms with Crippen molar-refractivity contribution in [1.82, 2.24) is 0 Å². The molecule has 2 rings (SSSR count). The van der Waals surface area contributed by atoms with Gasteiger partial charge in [-0.1, -0.05) is 12.1 Å². The lowest BCUT2D eigenvalue weighted by atomic mass is 10.1. The van der Waals surface area contributed by atoms with E-state index < -0.39 is 0 Å². The number of hydrogen-bond donors (Lipinski definition) is 1. The predicted octanol–water partition coefficient (Wildman–Crippen LogP) is 1.14. The van der Waals surface area contributed by atoms with E-state index in [0.29, 0.717) is 18.9 Å². The Labute approximate surface area is 94.3 Å². The normalized spacial score (nSPS) is 19.6. The fourth-order valence-electron chi connectivity index (χ4n) is 1.64. The Balaban J connectivity index is 1.84. The number of ether oxygens (including phenoxy) is 2. The molecule has 0 spiro atoms. The van der Waals surface area contributed by atoms with Crippen molar-refractivity contribution in [1.29, 1.82) is 0 Å². The average Bonchev–Trinajstić information content (AvgIpc) is 2.74. The van der Waals surface area contributed by atoms with Gasteiger partial charge >= 0.3 is 5.97 Å². The van der Waals surface area contributed by atoms with E-state index in [1.165, 1.54) is 0 Å². The van der Waals surface area contributed by atoms with Crippen molar-refractivity contribution in [2.45, 2.75) is 18.9 Å². The number of carbonyl (C=O) groups is 1. The number of carbonyl (C=O) groups excluding carboxylic acids is 1. The maximum atomic E-state index is 11.5. The van der Waals surface area contributed by atoms with Gasteiger partial charge in [-0.15, -0.1) is 0 Å². The first-order valence-electron chi connectivity index (χ1n) is 5.35. The van der Waals surface area contributed by atoms with Crippen LogP contribution in [0.5, 0.6) is 0 Å². The van der Waals surface area contributed by atoms with Crippen molar-refractivity contribution in [3.8, 4) is 0 Å². The van der Waals surface area contributed by atoms with Crippen LogP contribution in [0.2, 0.25) is 0 Å². The second-order valence-corrected chi connectivity index (χ2v) is 3.89. The van der Waals surface area contributed by atoms with Gasteiger partial charge in [-0.2, -0.15) is 0 Å². The van der Waals surface area contributed by atoms with Gasteiger partial charge in [-0.05, 0) is 17.7 Å². The Morgan fingerprint density at radius 3 is 2.81 bits per heavy atom. The van der Waals surface area contributed by atoms with Crippen LogP contribution in [0.15, 0.2) is 24.3 Å². The summed E-state index contributed by atoms with van der Waals surface area (Å²) in [7, 11) is 0. The van der Waals surface area contributed by atoms with Gasteiger partial charge in [0.05, 0.1) is 19.6 Å². The van der Waals surface area contributed by atoms with E-state index in [0.717, 1.165) is 12.0 Å². The lowest BCUT2D eigenvalue weighted by Crippen LogP contribution is -2.19. The van der Waals surface area contributed by atoms with Crippen LogP contribution < -0.4 is 5.73 Å². The van der Waals surface area contributed by atoms with Crippen LogP contribution >= 0.6 is 0 Å². The third-order valence-electron chi connectivity index (χ3n) is 2.51. The molecule has 1 saturated heterocycles. The van der Waals surface area contributed by atoms with E-state index in [-0.39, 0.29) is 18.5 Å². The molecule has 1 fully saturated rings. The van der Waals surface area contributed by atoms with Crippen molar-refractivity contribution in [3.05, 3.63) is 29.8 Å². The molecule has 86 valence electrons. The molecule has 0 amide bonds. The third-order valence-corrected chi connectivity index (χ3v) is 2.51. The summed E-state index contributed by atoms with van der Waals surface area (Å²) in [6.07, 6.45) is 1.02. The molecule has 4 heteroatoms. The average molecular weight is 221 g/mol. The predicted molar refractivity (Wildman–Crippen MR) is 59.9 cm³/mol. The molecule has 1 unspecified atom stereocenters. The van der Waals surface area contributed by atoms with E-state index in [1.54, 1.807) is 12.1 Å². The second-order valence-electron chi connectivity index (χ2n) is 3.89. The van der Waals surface area contributed by atoms with Gasteiger partial charge in [-0.3, -0.25) is 4.79 Å². The summed E-state index contributed by atoms with van der Waals surface area (Å²) < 4.78 is 10.4. The summed E-state index contributed by atoms with van der Waals surface area (Å²) in [4.78, 5) is 11.5. The molecule has 1 aliphatic rings. The van der Waals surface area contributed by atoms with E-state index in [1.807, 2.05) is 12.1 Å². The smallest absolute Gasteiger partial charge is 0.310 e. The molecule has 0 saturated carbocycles. The van der Waals surface area contributed by atoms with Crippen molar-refractivity contribution in [3.63, 3.8) is 0 Å². The van der Waals surface area contributed by atoms with Gasteiger partial charge in [0.15, 0.2) is 0 Å². The Bertz CT molecular complexity index is 355. The zero-order valence-electron chi connectivity index (χ0n) is 9.02. The van der Waals surface area contributed by atoms with Gasteiger partial charge in [-0.25, -0.2) is 0 Å². The van der Waals surface area contributed by atoms with Crippen molar-refractivity contribution < 1.29 is 14.3 Å². The third kappa shape index (κ3) is 2.97. The molecule has 0 bridgehead atoms. The monoisotopic (exact) mass is 221 g/mol. The summed E-state index contributed by atoms with van der Waals surface area (Å²) in [5.74, 6) is -0.208. The largest absolute Gasteiger partial charge is 0.460 e. The van der Waals surface area contributed by atoms with Gasteiger partial charge in [0.2, 0.25) is 0 Å². The molecule has 4 nitrogen and oxygen atoms in total. The van der Waals surface area contributed by atoms with Gasteiger partial charge < -0.3 is 15.2 Å². The number of benzene rings is 1. The van der Waals surface area contributed by atoms with E-state index in [9.17, 15) is 4.79 Å². The molecule has 0 aliphatic carbocycles. The van der Waals surface area contributed by atoms with Crippen LogP contribution in [0.4, 0.5) is 5.69 Å². The van der Waals surface area contributed by atoms with Crippen LogP contribution in [0.3, 0.4) is 0 Å². The Morgan fingerprint density at radius 2 is 2.19 bits per heavy atom. The summed E-state index contributed by atoms with van der Waals surface area (Å²) in [5.41, 5.74) is 7.17. The van der Waals surface area contributed by atoms with Gasteiger partial charge in [0, 0.05) is 12.1 Å². The van der Waals surface area contributed by atoms with E-state index in [2.05, 4.69) is 0 Å². The van der Waals surface area contributed by atoms with E-state index in [4.69, 9.17) is 15.2 Å². The molecule has 1 aromatic carbocycles. The molecule has 2 N–H and O–H groups in total. The molecular weight excluding hydrogens is 206 g/mol. The maximum Gasteiger partial charge on any atom is 0.310 e. The minimum atomic E-state index is -0.208. The first-order chi connectivity index (χ1) is 7.74. The molecule has 1 atom stereocenters. The molecule has 1 aromatic rings. The summed E-state index contributed by atoms with van der Waals surface area (Å²) in [5, 5.41) is 0. The summed E-state index contributed by atoms with van der Waals surface area (Å²) >= 11 is 0. The van der Waals surface area contributed by atoms with E-state index >= 15 is 0 Å². The Hall–Kier alpha value is -1.55. The first-order valence-corrected chi connectivity index (χ1v) is 5.35. The molecule has 16 heavy (non-hydrogen) atoms. The zero-order valence-corrected chi connectivity index (χ0v) is 9.02. The van der Waals surface area contributed by atoms with Crippen LogP contribution in [0.25, 0.3) is 0 Å². The lowest BCUT2D eigenvalue weighted by Gasteiger charge is -2.09. The lowest BCUT2D eigenvalue weighted by molar-refractivity contribution is -0.148. The highest BCUT2D eigenvalue weighted by Crippen LogP contribution is 2.11. The summed E-state index contributed by atoms with van der Waals surface area (Å²) in [6, 6.07) is 7.23. The number of nitrogen functional groups attached to an aromatic ring is 1. The molecule has 1 aliphatic heterocycles. The molecule has 0 radical (unpaired) electrons. The van der Waals surface area contributed by atoms with Crippen LogP contribution in [-0.4, -0.2) is 25.3 Å². The van der Waals surface area contributed by atoms with Crippen molar-refractivity contribution in [2.24, 2.45) is 0 Å². The molecule has 1 heterocycles. The van der Waals surface area contributed by atoms with Crippen LogP contribution in [0, 0.1) is 0 Å². The highest BCUT2D eigenvalue weighted by Gasteiger charge is 2.19. The minimum Gasteiger partial charge on any atom is -0.460 e. The number of esters is 1. The fraction of sp³-hybridized carbons (Fsp3) is 0.417. The Kier molecular flexibility index (Phi) is 3.41. The summed E-state index contributed by atoms with van der Waals surface area (Å²) in [6.45, 7) is 1.20. The van der Waals surface area contributed by atoms with Crippen molar-refractivity contribution in [2.75, 3.05) is 18.9 Å². The fourth-order valence-corrected chi connectivity index (χ4v) is 1.64. The second kappa shape index (κ2) is 4.99. The standard InChI is InChI=1S/C12H15NO3/c13-10-3-1-9(2-4-10)7-12(14)16-11-5-6-15-8-11/h1-4,11H,5-8,13H2. The Morgan fingerprint density at radius 1 is 1.44 bits per heavy atom. The molecular formula is C12H15NO3. The van der Waals surface area contributed by atoms with Crippen molar-refractivity contribution >= 4 is 11.7 Å². The SMILES string of the molecule is Nc1ccc(CC(=O)OC2CCOC2)cc1. The number of anilines is 1. The topological polar surface area (TPSA) is 61.6 Å². The zero-order chi connectivity index (χ0) is 11.4. The quantitative estimate of drug-likeness (QED) is 0.614. The van der Waals surface area contributed by atoms with Crippen LogP contribution in [-0.2, 0) is 20.7 Å². The number of nitrogens with two attached hydrogens (primary N) is 1. The van der Waals surface area contributed by atoms with Crippen LogP contribution in [0.1, 0.15) is 12.0 Å². The number of rotatable bonds is 3.